The molecule has 2 nitrogen and oxygen atoms in total. The fourth-order valence-electron chi connectivity index (χ4n) is 5.45. The first kappa shape index (κ1) is 37.2. The lowest BCUT2D eigenvalue weighted by atomic mass is 9.76. The van der Waals surface area contributed by atoms with Crippen molar-refractivity contribution in [3.8, 4) is 0 Å². The average molecular weight is 569 g/mol. The van der Waals surface area contributed by atoms with Crippen molar-refractivity contribution in [1.29, 1.82) is 0 Å². The van der Waals surface area contributed by atoms with Gasteiger partial charge in [0.2, 0.25) is 0 Å². The van der Waals surface area contributed by atoms with Crippen molar-refractivity contribution in [2.75, 3.05) is 13.6 Å². The van der Waals surface area contributed by atoms with Crippen LogP contribution in [-0.4, -0.2) is 18.2 Å². The van der Waals surface area contributed by atoms with Gasteiger partial charge in [0.1, 0.15) is 5.82 Å². The van der Waals surface area contributed by atoms with Crippen LogP contribution in [0.4, 0.5) is 4.39 Å². The molecule has 0 aliphatic heterocycles. The predicted molar refractivity (Wildman–Crippen MR) is 182 cm³/mol. The Bertz CT molecular complexity index is 1070. The fraction of sp³-hybridized carbons (Fsp3) is 0.684. The highest BCUT2D eigenvalue weighted by Crippen LogP contribution is 2.56. The Morgan fingerprint density at radius 3 is 2.05 bits per heavy atom. The summed E-state index contributed by atoms with van der Waals surface area (Å²) in [5.41, 5.74) is 5.01. The van der Waals surface area contributed by atoms with Crippen molar-refractivity contribution in [3.63, 3.8) is 0 Å². The number of aryl methyl sites for hydroxylation is 1. The van der Waals surface area contributed by atoms with Crippen molar-refractivity contribution in [1.82, 2.24) is 9.88 Å². The van der Waals surface area contributed by atoms with E-state index in [0.717, 1.165) is 29.9 Å². The molecule has 2 aliphatic rings. The second-order valence-corrected chi connectivity index (χ2v) is 13.6. The van der Waals surface area contributed by atoms with Crippen LogP contribution in [0.15, 0.2) is 48.1 Å². The van der Waals surface area contributed by atoms with Crippen LogP contribution < -0.4 is 5.32 Å². The lowest BCUT2D eigenvalue weighted by Gasteiger charge is -2.29. The van der Waals surface area contributed by atoms with Crippen molar-refractivity contribution >= 4 is 10.9 Å². The molecule has 1 atom stereocenters. The first-order chi connectivity index (χ1) is 19.4. The van der Waals surface area contributed by atoms with Crippen LogP contribution in [0.5, 0.6) is 0 Å². The Kier molecular flexibility index (Phi) is 15.7. The largest absolute Gasteiger partial charge is 0.344 e. The van der Waals surface area contributed by atoms with E-state index in [-0.39, 0.29) is 11.2 Å². The van der Waals surface area contributed by atoms with Gasteiger partial charge in [-0.25, -0.2) is 4.39 Å². The summed E-state index contributed by atoms with van der Waals surface area (Å²) in [5, 5.41) is 4.42. The van der Waals surface area contributed by atoms with Crippen molar-refractivity contribution < 1.29 is 4.39 Å². The van der Waals surface area contributed by atoms with Crippen LogP contribution >= 0.6 is 0 Å². The molecule has 0 saturated heterocycles. The zero-order valence-electron chi connectivity index (χ0n) is 29.0. The maximum absolute atomic E-state index is 13.2. The number of unbranched alkanes of at least 4 members (excludes halogenated alkanes) is 1. The van der Waals surface area contributed by atoms with Crippen molar-refractivity contribution in [3.05, 3.63) is 59.6 Å². The molecule has 0 spiro atoms. The van der Waals surface area contributed by atoms with E-state index in [1.165, 1.54) is 63.1 Å². The number of hydrogen-bond acceptors (Lipinski definition) is 1. The second-order valence-electron chi connectivity index (χ2n) is 13.6. The summed E-state index contributed by atoms with van der Waals surface area (Å²) in [6, 6.07) is 7.16. The summed E-state index contributed by atoms with van der Waals surface area (Å²) < 4.78 is 15.4. The summed E-state index contributed by atoms with van der Waals surface area (Å²) in [7, 11) is 2.06. The first-order valence-corrected chi connectivity index (χ1v) is 16.7. The SMILES string of the molecule is CC.CCC(C)(C)CC1C=CC(C2(CCNC)CC2)=CC1.CCCC.CCn1c(C(C)(C)C)cc2ccc(F)cc21. The normalized spacial score (nSPS) is 17.4. The lowest BCUT2D eigenvalue weighted by Crippen LogP contribution is -2.18. The van der Waals surface area contributed by atoms with Crippen LogP contribution in [0, 0.1) is 22.6 Å². The van der Waals surface area contributed by atoms with E-state index in [4.69, 9.17) is 0 Å². The van der Waals surface area contributed by atoms with E-state index in [1.807, 2.05) is 19.9 Å². The highest BCUT2D eigenvalue weighted by Gasteiger charge is 2.44. The molecule has 234 valence electrons. The van der Waals surface area contributed by atoms with E-state index in [9.17, 15) is 4.39 Å². The Morgan fingerprint density at radius 1 is 0.976 bits per heavy atom. The zero-order valence-corrected chi connectivity index (χ0v) is 29.0. The molecule has 2 aliphatic carbocycles. The average Bonchev–Trinajstić information content (AvgIpc) is 3.65. The molecule has 1 unspecified atom stereocenters. The minimum absolute atomic E-state index is 0.0888. The molecular weight excluding hydrogens is 503 g/mol. The number of hydrogen-bond donors (Lipinski definition) is 1. The van der Waals surface area contributed by atoms with Crippen molar-refractivity contribution in [2.24, 2.45) is 16.7 Å². The Labute approximate surface area is 254 Å². The number of fused-ring (bicyclic) bond motifs is 1. The highest BCUT2D eigenvalue weighted by molar-refractivity contribution is 5.81. The molecule has 1 aromatic carbocycles. The molecule has 3 heteroatoms. The van der Waals surface area contributed by atoms with Crippen molar-refractivity contribution in [2.45, 2.75) is 139 Å². The molecule has 1 fully saturated rings. The predicted octanol–water partition coefficient (Wildman–Crippen LogP) is 11.6. The quantitative estimate of drug-likeness (QED) is 0.318. The van der Waals surface area contributed by atoms with Crippen LogP contribution in [0.2, 0.25) is 0 Å². The van der Waals surface area contributed by atoms with Gasteiger partial charge in [0.25, 0.3) is 0 Å². The molecule has 41 heavy (non-hydrogen) atoms. The third-order valence-electron chi connectivity index (χ3n) is 8.73. The lowest BCUT2D eigenvalue weighted by molar-refractivity contribution is 0.280. The van der Waals surface area contributed by atoms with Gasteiger partial charge in [0.15, 0.2) is 0 Å². The summed E-state index contributed by atoms with van der Waals surface area (Å²) in [6.45, 7) is 26.1. The molecule has 0 amide bonds. The molecular formula is C38H65FN2. The molecule has 2 aromatic rings. The van der Waals surface area contributed by atoms with Crippen LogP contribution in [0.1, 0.15) is 133 Å². The summed E-state index contributed by atoms with van der Waals surface area (Å²) in [6.07, 6.45) is 18.1. The minimum Gasteiger partial charge on any atom is -0.344 e. The Hall–Kier alpha value is -1.87. The maximum Gasteiger partial charge on any atom is 0.125 e. The van der Waals surface area contributed by atoms with Gasteiger partial charge < -0.3 is 9.88 Å². The number of rotatable bonds is 9. The van der Waals surface area contributed by atoms with Crippen LogP contribution in [0.25, 0.3) is 10.9 Å². The van der Waals surface area contributed by atoms with Crippen LogP contribution in [0.3, 0.4) is 0 Å². The molecule has 1 N–H and O–H groups in total. The molecule has 0 bridgehead atoms. The zero-order chi connectivity index (χ0) is 31.3. The smallest absolute Gasteiger partial charge is 0.125 e. The van der Waals surface area contributed by atoms with Gasteiger partial charge in [-0.05, 0) is 99.2 Å². The number of benzene rings is 1. The topological polar surface area (TPSA) is 17.0 Å². The number of allylic oxidation sites excluding steroid dienone is 4. The molecule has 1 heterocycles. The summed E-state index contributed by atoms with van der Waals surface area (Å²) in [5.74, 6) is 0.597. The third-order valence-corrected chi connectivity index (χ3v) is 8.73. The van der Waals surface area contributed by atoms with Crippen LogP contribution in [-0.2, 0) is 12.0 Å². The Morgan fingerprint density at radius 2 is 1.61 bits per heavy atom. The second kappa shape index (κ2) is 17.3. The molecule has 0 radical (unpaired) electrons. The van der Waals surface area contributed by atoms with E-state index in [2.05, 4.69) is 104 Å². The highest BCUT2D eigenvalue weighted by atomic mass is 19.1. The minimum atomic E-state index is -0.166. The van der Waals surface area contributed by atoms with E-state index < -0.39 is 0 Å². The number of nitrogens with zero attached hydrogens (tertiary/aromatic N) is 1. The fourth-order valence-corrected chi connectivity index (χ4v) is 5.45. The van der Waals surface area contributed by atoms with Gasteiger partial charge in [-0.1, -0.05) is 107 Å². The standard InChI is InChI=1S/C18H31N.C14H18FN.C4H10.C2H6/c1-5-17(2,3)14-15-6-8-16(9-7-15)18(10-11-18)12-13-19-4;1-5-16-12-9-11(15)7-6-10(12)8-13(16)14(2,3)4;1-3-4-2;1-2/h6,8-9,15,19H,5,7,10-14H2,1-4H3;6-9H,5H2,1-4H3;3-4H2,1-2H3;1-2H3. The maximum atomic E-state index is 13.2. The van der Waals surface area contributed by atoms with Gasteiger partial charge >= 0.3 is 0 Å². The summed E-state index contributed by atoms with van der Waals surface area (Å²) >= 11 is 0. The number of nitrogens with one attached hydrogen (secondary N) is 1. The van der Waals surface area contributed by atoms with Gasteiger partial charge in [0, 0.05) is 23.0 Å². The van der Waals surface area contributed by atoms with Gasteiger partial charge in [-0.2, -0.15) is 0 Å². The first-order valence-electron chi connectivity index (χ1n) is 16.7. The third kappa shape index (κ3) is 11.4. The number of halogens is 1. The van der Waals surface area contributed by atoms with E-state index in [0.29, 0.717) is 10.8 Å². The van der Waals surface area contributed by atoms with Gasteiger partial charge in [-0.3, -0.25) is 0 Å². The monoisotopic (exact) mass is 569 g/mol. The van der Waals surface area contributed by atoms with Gasteiger partial charge in [0.05, 0.1) is 5.52 Å². The van der Waals surface area contributed by atoms with E-state index in [1.54, 1.807) is 11.6 Å². The summed E-state index contributed by atoms with van der Waals surface area (Å²) in [4.78, 5) is 0. The molecule has 1 aromatic heterocycles. The van der Waals surface area contributed by atoms with E-state index >= 15 is 0 Å². The molecule has 4 rings (SSSR count). The van der Waals surface area contributed by atoms with Gasteiger partial charge in [-0.15, -0.1) is 0 Å². The molecule has 1 saturated carbocycles. The Balaban J connectivity index is 0.000000348. The number of aromatic nitrogens is 1.